The molecule has 0 aromatic heterocycles. The van der Waals surface area contributed by atoms with Crippen molar-refractivity contribution in [2.45, 2.75) is 37.1 Å². The second-order valence-corrected chi connectivity index (χ2v) is 10.1. The van der Waals surface area contributed by atoms with Crippen LogP contribution in [0, 0.1) is 12.3 Å². The van der Waals surface area contributed by atoms with Crippen molar-refractivity contribution in [3.8, 4) is 0 Å². The largest absolute Gasteiger partial charge is 0.480 e. The van der Waals surface area contributed by atoms with E-state index in [1.54, 1.807) is 51.4 Å². The second-order valence-electron chi connectivity index (χ2n) is 8.42. The lowest BCUT2D eigenvalue weighted by molar-refractivity contribution is -0.147. The van der Waals surface area contributed by atoms with E-state index in [4.69, 9.17) is 0 Å². The third-order valence-electron chi connectivity index (χ3n) is 5.63. The van der Waals surface area contributed by atoms with Crippen molar-refractivity contribution < 1.29 is 27.9 Å². The first-order valence-corrected chi connectivity index (χ1v) is 11.9. The number of aryl methyl sites for hydroxylation is 1. The van der Waals surface area contributed by atoms with Gasteiger partial charge in [0.25, 0.3) is 10.0 Å². The third kappa shape index (κ3) is 5.33. The Morgan fingerprint density at radius 2 is 1.67 bits per heavy atom. The Kier molecular flexibility index (Phi) is 6.78. The van der Waals surface area contributed by atoms with Gasteiger partial charge in [-0.1, -0.05) is 30.3 Å². The van der Waals surface area contributed by atoms with Crippen LogP contribution in [0.4, 0.5) is 5.69 Å². The summed E-state index contributed by atoms with van der Waals surface area (Å²) in [5, 5.41) is 12.1. The van der Waals surface area contributed by atoms with E-state index in [1.807, 2.05) is 0 Å². The molecule has 176 valence electrons. The number of carbonyl (C=O) groups excluding carboxylic acids is 2. The van der Waals surface area contributed by atoms with Crippen molar-refractivity contribution in [2.24, 2.45) is 5.41 Å². The average molecular weight is 474 g/mol. The molecule has 1 saturated carbocycles. The number of carboxylic acid groups (broad SMARTS) is 1. The number of benzene rings is 2. The first-order chi connectivity index (χ1) is 15.5. The molecule has 0 saturated heterocycles. The standard InChI is InChI=1S/C23H27N3O6S/c1-15-6-4-5-7-19(15)33(31,32)25-17-10-8-16(9-11-17)14-18(20(27)28)24-21(29)23(12-13-23)22(30)26(2)3/h4-11,18,25H,12-14H2,1-3H3,(H,24,29)(H,27,28)/t18-/m0/s1. The number of nitrogens with zero attached hydrogens (tertiary/aromatic N) is 1. The van der Waals surface area contributed by atoms with Crippen molar-refractivity contribution in [2.75, 3.05) is 18.8 Å². The molecular weight excluding hydrogens is 446 g/mol. The summed E-state index contributed by atoms with van der Waals surface area (Å²) in [4.78, 5) is 38.2. The van der Waals surface area contributed by atoms with Gasteiger partial charge in [-0.05, 0) is 49.1 Å². The summed E-state index contributed by atoms with van der Waals surface area (Å²) < 4.78 is 27.8. The molecule has 0 radical (unpaired) electrons. The SMILES string of the molecule is Cc1ccccc1S(=O)(=O)Nc1ccc(C[C@H](NC(=O)C2(C(=O)N(C)C)CC2)C(=O)O)cc1. The molecular formula is C23H27N3O6S. The highest BCUT2D eigenvalue weighted by Gasteiger charge is 2.57. The van der Waals surface area contributed by atoms with Gasteiger partial charge in [-0.2, -0.15) is 0 Å². The smallest absolute Gasteiger partial charge is 0.326 e. The Morgan fingerprint density at radius 1 is 1.06 bits per heavy atom. The van der Waals surface area contributed by atoms with E-state index in [0.717, 1.165) is 0 Å². The van der Waals surface area contributed by atoms with E-state index < -0.39 is 33.4 Å². The van der Waals surface area contributed by atoms with E-state index in [0.29, 0.717) is 29.7 Å². The lowest BCUT2D eigenvalue weighted by Gasteiger charge is -2.22. The van der Waals surface area contributed by atoms with Gasteiger partial charge >= 0.3 is 5.97 Å². The van der Waals surface area contributed by atoms with Crippen molar-refractivity contribution in [3.05, 3.63) is 59.7 Å². The fourth-order valence-corrected chi connectivity index (χ4v) is 4.91. The molecule has 0 bridgehead atoms. The molecule has 2 aromatic rings. The lowest BCUT2D eigenvalue weighted by Crippen LogP contribution is -2.49. The zero-order valence-electron chi connectivity index (χ0n) is 18.7. The summed E-state index contributed by atoms with van der Waals surface area (Å²) in [6.45, 7) is 1.70. The molecule has 1 aliphatic rings. The number of nitrogens with one attached hydrogen (secondary N) is 2. The second kappa shape index (κ2) is 9.22. The molecule has 10 heteroatoms. The molecule has 33 heavy (non-hydrogen) atoms. The number of hydrogen-bond donors (Lipinski definition) is 3. The van der Waals surface area contributed by atoms with Crippen LogP contribution < -0.4 is 10.0 Å². The lowest BCUT2D eigenvalue weighted by atomic mass is 10.0. The summed E-state index contributed by atoms with van der Waals surface area (Å²) in [5.41, 5.74) is 0.342. The first-order valence-electron chi connectivity index (χ1n) is 10.4. The van der Waals surface area contributed by atoms with Crippen LogP contribution in [0.25, 0.3) is 0 Å². The van der Waals surface area contributed by atoms with Gasteiger partial charge in [0.05, 0.1) is 4.90 Å². The van der Waals surface area contributed by atoms with Crippen LogP contribution in [-0.2, 0) is 30.8 Å². The van der Waals surface area contributed by atoms with Crippen LogP contribution >= 0.6 is 0 Å². The predicted molar refractivity (Wildman–Crippen MR) is 122 cm³/mol. The topological polar surface area (TPSA) is 133 Å². The number of rotatable bonds is 9. The molecule has 0 spiro atoms. The number of carboxylic acids is 1. The van der Waals surface area contributed by atoms with Crippen LogP contribution in [0.15, 0.2) is 53.4 Å². The Balaban J connectivity index is 1.68. The molecule has 1 atom stereocenters. The number of aliphatic carboxylic acids is 1. The predicted octanol–water partition coefficient (Wildman–Crippen LogP) is 1.78. The molecule has 0 heterocycles. The fraction of sp³-hybridized carbons (Fsp3) is 0.348. The quantitative estimate of drug-likeness (QED) is 0.476. The minimum absolute atomic E-state index is 0.0157. The van der Waals surface area contributed by atoms with Crippen LogP contribution in [0.3, 0.4) is 0 Å². The van der Waals surface area contributed by atoms with Crippen molar-refractivity contribution in [1.82, 2.24) is 10.2 Å². The zero-order chi connectivity index (χ0) is 24.4. The van der Waals surface area contributed by atoms with Crippen LogP contribution in [0.5, 0.6) is 0 Å². The van der Waals surface area contributed by atoms with Gasteiger partial charge < -0.3 is 15.3 Å². The number of carbonyl (C=O) groups is 3. The van der Waals surface area contributed by atoms with E-state index in [9.17, 15) is 27.9 Å². The van der Waals surface area contributed by atoms with Gasteiger partial charge in [-0.15, -0.1) is 0 Å². The maximum absolute atomic E-state index is 12.7. The van der Waals surface area contributed by atoms with Gasteiger partial charge in [0.15, 0.2) is 0 Å². The van der Waals surface area contributed by atoms with Crippen molar-refractivity contribution in [3.63, 3.8) is 0 Å². The molecule has 3 N–H and O–H groups in total. The monoisotopic (exact) mass is 473 g/mol. The first kappa shape index (κ1) is 24.2. The van der Waals surface area contributed by atoms with E-state index in [2.05, 4.69) is 10.0 Å². The van der Waals surface area contributed by atoms with Gasteiger partial charge in [0.1, 0.15) is 11.5 Å². The summed E-state index contributed by atoms with van der Waals surface area (Å²) in [6.07, 6.45) is 0.758. The van der Waals surface area contributed by atoms with Crippen molar-refractivity contribution in [1.29, 1.82) is 0 Å². The normalized spacial score (nSPS) is 15.2. The molecule has 0 unspecified atom stereocenters. The maximum atomic E-state index is 12.7. The highest BCUT2D eigenvalue weighted by molar-refractivity contribution is 7.92. The van der Waals surface area contributed by atoms with E-state index >= 15 is 0 Å². The van der Waals surface area contributed by atoms with E-state index in [-0.39, 0.29) is 17.2 Å². The zero-order valence-corrected chi connectivity index (χ0v) is 19.5. The number of amides is 2. The Bertz CT molecular complexity index is 1170. The van der Waals surface area contributed by atoms with Gasteiger partial charge in [-0.3, -0.25) is 14.3 Å². The average Bonchev–Trinajstić information content (AvgIpc) is 3.56. The maximum Gasteiger partial charge on any atom is 0.326 e. The Morgan fingerprint density at radius 3 is 2.18 bits per heavy atom. The van der Waals surface area contributed by atoms with Gasteiger partial charge in [0.2, 0.25) is 11.8 Å². The number of sulfonamides is 1. The third-order valence-corrected chi connectivity index (χ3v) is 7.17. The van der Waals surface area contributed by atoms with Gasteiger partial charge in [-0.25, -0.2) is 13.2 Å². The minimum atomic E-state index is -3.77. The summed E-state index contributed by atoms with van der Waals surface area (Å²) in [5.74, 6) is -2.15. The molecule has 2 amide bonds. The summed E-state index contributed by atoms with van der Waals surface area (Å²) in [6, 6.07) is 11.6. The highest BCUT2D eigenvalue weighted by Crippen LogP contribution is 2.47. The molecule has 1 fully saturated rings. The van der Waals surface area contributed by atoms with Crippen LogP contribution in [0.1, 0.15) is 24.0 Å². The Labute approximate surface area is 192 Å². The molecule has 3 rings (SSSR count). The molecule has 1 aliphatic carbocycles. The molecule has 0 aliphatic heterocycles. The van der Waals surface area contributed by atoms with E-state index in [1.165, 1.54) is 23.1 Å². The van der Waals surface area contributed by atoms with Crippen LogP contribution in [0.2, 0.25) is 0 Å². The molecule has 9 nitrogen and oxygen atoms in total. The summed E-state index contributed by atoms with van der Waals surface area (Å²) >= 11 is 0. The highest BCUT2D eigenvalue weighted by atomic mass is 32.2. The van der Waals surface area contributed by atoms with Crippen LogP contribution in [-0.4, -0.2) is 56.3 Å². The summed E-state index contributed by atoms with van der Waals surface area (Å²) in [7, 11) is -0.661. The van der Waals surface area contributed by atoms with Gasteiger partial charge in [0, 0.05) is 26.2 Å². The number of anilines is 1. The Hall–Kier alpha value is -3.40. The van der Waals surface area contributed by atoms with Crippen molar-refractivity contribution >= 4 is 33.5 Å². The number of hydrogen-bond acceptors (Lipinski definition) is 5. The fourth-order valence-electron chi connectivity index (χ4n) is 3.60. The minimum Gasteiger partial charge on any atom is -0.480 e. The molecule has 2 aromatic carbocycles.